The van der Waals surface area contributed by atoms with Gasteiger partial charge in [0, 0.05) is 6.42 Å². The molecule has 1 unspecified atom stereocenters. The number of amides is 1. The minimum atomic E-state index is -1.09. The summed E-state index contributed by atoms with van der Waals surface area (Å²) in [4.78, 5) is 42.0. The van der Waals surface area contributed by atoms with Crippen LogP contribution in [0.15, 0.2) is 42.7 Å². The molecule has 0 fully saturated rings. The quantitative estimate of drug-likeness (QED) is 0.323. The standard InChI is InChI=1S/C21H22N4O6/c1-21(2,3)31-20(27)24-17(19(26)30-14-15-8-5-4-6-9-15)11-7-10-16-12-23-18(13-22-16)25(28)29/h4-6,8-9,12-13,17H,11,14H2,1-3H3,(H,24,27). The number of carbonyl (C=O) groups is 2. The van der Waals surface area contributed by atoms with Crippen molar-refractivity contribution in [1.82, 2.24) is 15.3 Å². The zero-order valence-electron chi connectivity index (χ0n) is 17.3. The molecule has 0 saturated carbocycles. The highest BCUT2D eigenvalue weighted by molar-refractivity contribution is 5.81. The predicted molar refractivity (Wildman–Crippen MR) is 110 cm³/mol. The van der Waals surface area contributed by atoms with E-state index in [2.05, 4.69) is 27.1 Å². The second-order valence-electron chi connectivity index (χ2n) is 7.31. The summed E-state index contributed by atoms with van der Waals surface area (Å²) in [6, 6.07) is 7.99. The summed E-state index contributed by atoms with van der Waals surface area (Å²) >= 11 is 0. The molecule has 1 N–H and O–H groups in total. The number of alkyl carbamates (subject to hydrolysis) is 1. The van der Waals surface area contributed by atoms with E-state index in [1.54, 1.807) is 32.9 Å². The van der Waals surface area contributed by atoms with Gasteiger partial charge >= 0.3 is 17.9 Å². The second kappa shape index (κ2) is 10.7. The van der Waals surface area contributed by atoms with Crippen LogP contribution in [0.1, 0.15) is 38.4 Å². The molecule has 0 spiro atoms. The molecular weight excluding hydrogens is 404 g/mol. The summed E-state index contributed by atoms with van der Waals surface area (Å²) in [7, 11) is 0. The largest absolute Gasteiger partial charge is 0.459 e. The van der Waals surface area contributed by atoms with Crippen LogP contribution in [0, 0.1) is 22.0 Å². The van der Waals surface area contributed by atoms with Crippen LogP contribution in [-0.4, -0.2) is 38.6 Å². The van der Waals surface area contributed by atoms with Crippen molar-refractivity contribution in [3.8, 4) is 11.8 Å². The molecular formula is C21H22N4O6. The molecule has 1 heterocycles. The van der Waals surface area contributed by atoms with Gasteiger partial charge in [-0.3, -0.25) is 0 Å². The fraction of sp³-hybridized carbons (Fsp3) is 0.333. The molecule has 1 atom stereocenters. The van der Waals surface area contributed by atoms with Gasteiger partial charge in [-0.1, -0.05) is 36.3 Å². The monoisotopic (exact) mass is 426 g/mol. The third-order valence-electron chi connectivity index (χ3n) is 3.55. The maximum absolute atomic E-state index is 12.5. The first-order valence-corrected chi connectivity index (χ1v) is 9.29. The molecule has 162 valence electrons. The summed E-state index contributed by atoms with van der Waals surface area (Å²) in [5.41, 5.74) is 0.223. The number of esters is 1. The number of ether oxygens (including phenoxy) is 2. The SMILES string of the molecule is CC(C)(C)OC(=O)NC(CC#Cc1cnc([N+](=O)[O-])cn1)C(=O)OCc1ccccc1. The highest BCUT2D eigenvalue weighted by Crippen LogP contribution is 2.09. The molecule has 0 bridgehead atoms. The van der Waals surface area contributed by atoms with Crippen molar-refractivity contribution in [3.05, 3.63) is 64.1 Å². The van der Waals surface area contributed by atoms with Gasteiger partial charge in [-0.2, -0.15) is 0 Å². The van der Waals surface area contributed by atoms with E-state index >= 15 is 0 Å². The maximum atomic E-state index is 12.5. The Hall–Kier alpha value is -4.00. The zero-order chi connectivity index (χ0) is 22.9. The van der Waals surface area contributed by atoms with Crippen LogP contribution >= 0.6 is 0 Å². The molecule has 1 aromatic carbocycles. The molecule has 31 heavy (non-hydrogen) atoms. The number of nitro groups is 1. The van der Waals surface area contributed by atoms with Crippen LogP contribution in [0.2, 0.25) is 0 Å². The van der Waals surface area contributed by atoms with Gasteiger partial charge < -0.3 is 24.9 Å². The van der Waals surface area contributed by atoms with Crippen molar-refractivity contribution in [2.45, 2.75) is 45.4 Å². The Labute approximate surface area is 179 Å². The Morgan fingerprint density at radius 1 is 1.19 bits per heavy atom. The number of hydrogen-bond acceptors (Lipinski definition) is 8. The summed E-state index contributed by atoms with van der Waals surface area (Å²) in [6.45, 7) is 5.13. The Balaban J connectivity index is 2.06. The average molecular weight is 426 g/mol. The fourth-order valence-corrected chi connectivity index (χ4v) is 2.20. The van der Waals surface area contributed by atoms with Gasteiger partial charge in [-0.15, -0.1) is 0 Å². The van der Waals surface area contributed by atoms with E-state index in [1.807, 2.05) is 18.2 Å². The number of nitrogens with zero attached hydrogens (tertiary/aromatic N) is 3. The van der Waals surface area contributed by atoms with Gasteiger partial charge in [-0.05, 0) is 42.2 Å². The number of rotatable bonds is 6. The number of benzene rings is 1. The zero-order valence-corrected chi connectivity index (χ0v) is 17.3. The molecule has 10 nitrogen and oxygen atoms in total. The van der Waals surface area contributed by atoms with Crippen molar-refractivity contribution in [2.75, 3.05) is 0 Å². The Morgan fingerprint density at radius 2 is 1.90 bits per heavy atom. The lowest BCUT2D eigenvalue weighted by atomic mass is 10.2. The molecule has 0 radical (unpaired) electrons. The van der Waals surface area contributed by atoms with E-state index in [-0.39, 0.29) is 18.7 Å². The minimum Gasteiger partial charge on any atom is -0.459 e. The van der Waals surface area contributed by atoms with Gasteiger partial charge in [0.1, 0.15) is 24.4 Å². The number of nitrogens with one attached hydrogen (secondary N) is 1. The van der Waals surface area contributed by atoms with Crippen molar-refractivity contribution < 1.29 is 24.0 Å². The third kappa shape index (κ3) is 8.49. The minimum absolute atomic E-state index is 0.0351. The van der Waals surface area contributed by atoms with E-state index in [4.69, 9.17) is 9.47 Å². The van der Waals surface area contributed by atoms with Crippen LogP contribution in [0.25, 0.3) is 0 Å². The summed E-state index contributed by atoms with van der Waals surface area (Å²) in [5.74, 6) is 4.26. The van der Waals surface area contributed by atoms with Crippen LogP contribution in [0.5, 0.6) is 0 Å². The fourth-order valence-electron chi connectivity index (χ4n) is 2.20. The molecule has 0 saturated heterocycles. The topological polar surface area (TPSA) is 134 Å². The van der Waals surface area contributed by atoms with Gasteiger partial charge in [0.2, 0.25) is 0 Å². The first-order chi connectivity index (χ1) is 14.6. The molecule has 1 aromatic heterocycles. The Bertz CT molecular complexity index is 975. The normalized spacial score (nSPS) is 11.5. The smallest absolute Gasteiger partial charge is 0.408 e. The first kappa shape index (κ1) is 23.3. The van der Waals surface area contributed by atoms with Crippen LogP contribution in [-0.2, 0) is 20.9 Å². The Kier molecular flexibility index (Phi) is 8.02. The molecule has 0 aliphatic carbocycles. The lowest BCUT2D eigenvalue weighted by molar-refractivity contribution is -0.389. The highest BCUT2D eigenvalue weighted by Gasteiger charge is 2.25. The summed E-state index contributed by atoms with van der Waals surface area (Å²) in [5, 5.41) is 13.1. The van der Waals surface area contributed by atoms with Gasteiger partial charge in [0.25, 0.3) is 0 Å². The third-order valence-corrected chi connectivity index (χ3v) is 3.55. The van der Waals surface area contributed by atoms with E-state index in [9.17, 15) is 19.7 Å². The van der Waals surface area contributed by atoms with Gasteiger partial charge in [0.15, 0.2) is 11.9 Å². The van der Waals surface area contributed by atoms with Gasteiger partial charge in [0.05, 0.1) is 0 Å². The molecule has 10 heteroatoms. The molecule has 2 rings (SSSR count). The van der Waals surface area contributed by atoms with Crippen molar-refractivity contribution >= 4 is 17.9 Å². The van der Waals surface area contributed by atoms with Crippen molar-refractivity contribution in [1.29, 1.82) is 0 Å². The highest BCUT2D eigenvalue weighted by atomic mass is 16.6. The number of hydrogen-bond donors (Lipinski definition) is 1. The molecule has 1 amide bonds. The first-order valence-electron chi connectivity index (χ1n) is 9.29. The van der Waals surface area contributed by atoms with E-state index in [0.717, 1.165) is 18.0 Å². The predicted octanol–water partition coefficient (Wildman–Crippen LogP) is 2.76. The molecule has 0 aliphatic rings. The van der Waals surface area contributed by atoms with E-state index < -0.39 is 34.4 Å². The maximum Gasteiger partial charge on any atom is 0.408 e. The van der Waals surface area contributed by atoms with Crippen molar-refractivity contribution in [3.63, 3.8) is 0 Å². The van der Waals surface area contributed by atoms with Crippen LogP contribution in [0.4, 0.5) is 10.6 Å². The van der Waals surface area contributed by atoms with E-state index in [1.165, 1.54) is 0 Å². The Morgan fingerprint density at radius 3 is 2.48 bits per heavy atom. The summed E-state index contributed by atoms with van der Waals surface area (Å²) in [6.07, 6.45) is 1.25. The second-order valence-corrected chi connectivity index (χ2v) is 7.31. The lowest BCUT2D eigenvalue weighted by Crippen LogP contribution is -2.44. The average Bonchev–Trinajstić information content (AvgIpc) is 2.71. The summed E-state index contributed by atoms with van der Waals surface area (Å²) < 4.78 is 10.5. The van der Waals surface area contributed by atoms with Gasteiger partial charge in [-0.25, -0.2) is 14.6 Å². The molecule has 2 aromatic rings. The lowest BCUT2D eigenvalue weighted by Gasteiger charge is -2.22. The number of aromatic nitrogens is 2. The molecule has 0 aliphatic heterocycles. The van der Waals surface area contributed by atoms with Crippen LogP contribution in [0.3, 0.4) is 0 Å². The van der Waals surface area contributed by atoms with Crippen LogP contribution < -0.4 is 5.32 Å². The number of carbonyl (C=O) groups excluding carboxylic acids is 2. The van der Waals surface area contributed by atoms with Crippen molar-refractivity contribution in [2.24, 2.45) is 0 Å². The van der Waals surface area contributed by atoms with E-state index in [0.29, 0.717) is 0 Å².